The second kappa shape index (κ2) is 6.17. The van der Waals surface area contributed by atoms with Crippen molar-refractivity contribution < 1.29 is 21.6 Å². The van der Waals surface area contributed by atoms with Gasteiger partial charge in [0, 0.05) is 19.1 Å². The Bertz CT molecular complexity index is 629. The minimum atomic E-state index is -4.71. The summed E-state index contributed by atoms with van der Waals surface area (Å²) in [4.78, 5) is -0.687. The summed E-state index contributed by atoms with van der Waals surface area (Å²) in [6, 6.07) is 4.08. The van der Waals surface area contributed by atoms with Crippen molar-refractivity contribution in [2.75, 3.05) is 13.1 Å². The van der Waals surface area contributed by atoms with Gasteiger partial charge in [-0.15, -0.1) is 0 Å². The van der Waals surface area contributed by atoms with Crippen LogP contribution in [0, 0.1) is 5.92 Å². The molecule has 0 aliphatic carbocycles. The fourth-order valence-corrected chi connectivity index (χ4v) is 4.43. The van der Waals surface area contributed by atoms with E-state index in [2.05, 4.69) is 0 Å². The number of nitrogens with zero attached hydrogens (tertiary/aromatic N) is 1. The first kappa shape index (κ1) is 17.2. The summed E-state index contributed by atoms with van der Waals surface area (Å²) >= 11 is 0. The standard InChI is InChI=1S/C14H19F3N2O2S/c1-10(18)11-5-4-8-19(9-11)22(20,21)13-7-3-2-6-12(13)14(15,16)17/h2-3,6-7,10-11H,4-5,8-9,18H2,1H3/t10-,11+/m1/s1. The summed E-state index contributed by atoms with van der Waals surface area (Å²) in [6.07, 6.45) is -3.33. The topological polar surface area (TPSA) is 63.4 Å². The van der Waals surface area contributed by atoms with E-state index in [0.29, 0.717) is 6.42 Å². The lowest BCUT2D eigenvalue weighted by Gasteiger charge is -2.34. The van der Waals surface area contributed by atoms with Gasteiger partial charge in [-0.1, -0.05) is 12.1 Å². The van der Waals surface area contributed by atoms with Gasteiger partial charge in [0.05, 0.1) is 10.5 Å². The molecule has 4 nitrogen and oxygen atoms in total. The van der Waals surface area contributed by atoms with Crippen LogP contribution < -0.4 is 5.73 Å². The Kier molecular flexibility index (Phi) is 4.84. The number of halogens is 3. The molecule has 0 unspecified atom stereocenters. The van der Waals surface area contributed by atoms with Gasteiger partial charge in [0.2, 0.25) is 10.0 Å². The highest BCUT2D eigenvalue weighted by molar-refractivity contribution is 7.89. The van der Waals surface area contributed by atoms with Crippen LogP contribution in [-0.2, 0) is 16.2 Å². The Hall–Kier alpha value is -1.12. The summed E-state index contributed by atoms with van der Waals surface area (Å²) in [5, 5.41) is 0. The van der Waals surface area contributed by atoms with Crippen LogP contribution >= 0.6 is 0 Å². The van der Waals surface area contributed by atoms with E-state index < -0.39 is 26.7 Å². The monoisotopic (exact) mass is 336 g/mol. The molecule has 0 bridgehead atoms. The Morgan fingerprint density at radius 1 is 1.32 bits per heavy atom. The molecule has 1 aromatic carbocycles. The van der Waals surface area contributed by atoms with Crippen molar-refractivity contribution in [1.82, 2.24) is 4.31 Å². The summed E-state index contributed by atoms with van der Waals surface area (Å²) in [5.74, 6) is -0.0402. The Morgan fingerprint density at radius 2 is 1.95 bits per heavy atom. The average Bonchev–Trinajstić information content (AvgIpc) is 2.46. The molecule has 0 radical (unpaired) electrons. The van der Waals surface area contributed by atoms with Gasteiger partial charge in [0.1, 0.15) is 0 Å². The molecule has 2 N–H and O–H groups in total. The molecular weight excluding hydrogens is 317 g/mol. The molecule has 1 fully saturated rings. The van der Waals surface area contributed by atoms with Gasteiger partial charge in [-0.25, -0.2) is 8.42 Å². The third-order valence-corrected chi connectivity index (χ3v) is 5.90. The first-order chi connectivity index (χ1) is 10.1. The van der Waals surface area contributed by atoms with Crippen molar-refractivity contribution in [3.63, 3.8) is 0 Å². The van der Waals surface area contributed by atoms with E-state index in [1.807, 2.05) is 0 Å². The molecule has 2 atom stereocenters. The predicted octanol–water partition coefficient (Wildman–Crippen LogP) is 2.45. The van der Waals surface area contributed by atoms with Crippen LogP contribution in [0.15, 0.2) is 29.2 Å². The van der Waals surface area contributed by atoms with E-state index in [0.717, 1.165) is 22.9 Å². The number of rotatable bonds is 3. The van der Waals surface area contributed by atoms with Crippen LogP contribution in [0.1, 0.15) is 25.3 Å². The SMILES string of the molecule is C[C@@H](N)[C@H]1CCCN(S(=O)(=O)c2ccccc2C(F)(F)F)C1. The van der Waals surface area contributed by atoms with Crippen molar-refractivity contribution in [2.45, 2.75) is 36.9 Å². The molecule has 0 spiro atoms. The van der Waals surface area contributed by atoms with Crippen LogP contribution in [0.25, 0.3) is 0 Å². The van der Waals surface area contributed by atoms with Gasteiger partial charge in [-0.3, -0.25) is 0 Å². The van der Waals surface area contributed by atoms with Crippen molar-refractivity contribution >= 4 is 10.0 Å². The quantitative estimate of drug-likeness (QED) is 0.922. The number of hydrogen-bond acceptors (Lipinski definition) is 3. The average molecular weight is 336 g/mol. The number of alkyl halides is 3. The lowest BCUT2D eigenvalue weighted by molar-refractivity contribution is -0.139. The molecule has 124 valence electrons. The van der Waals surface area contributed by atoms with Crippen LogP contribution in [0.5, 0.6) is 0 Å². The number of benzene rings is 1. The summed E-state index contributed by atoms with van der Waals surface area (Å²) < 4.78 is 65.5. The molecule has 1 aliphatic heterocycles. The van der Waals surface area contributed by atoms with Gasteiger partial charge in [-0.05, 0) is 37.8 Å². The zero-order valence-electron chi connectivity index (χ0n) is 12.2. The normalized spacial score (nSPS) is 22.5. The zero-order chi connectivity index (χ0) is 16.5. The maximum absolute atomic E-state index is 13.0. The number of hydrogen-bond donors (Lipinski definition) is 1. The lowest BCUT2D eigenvalue weighted by Crippen LogP contribution is -2.45. The molecule has 1 aliphatic rings. The third kappa shape index (κ3) is 3.44. The van der Waals surface area contributed by atoms with Crippen LogP contribution in [0.3, 0.4) is 0 Å². The highest BCUT2D eigenvalue weighted by Gasteiger charge is 2.40. The Morgan fingerprint density at radius 3 is 2.55 bits per heavy atom. The van der Waals surface area contributed by atoms with Crippen LogP contribution in [0.2, 0.25) is 0 Å². The van der Waals surface area contributed by atoms with E-state index in [1.165, 1.54) is 12.1 Å². The molecule has 1 aromatic rings. The van der Waals surface area contributed by atoms with Crippen LogP contribution in [0.4, 0.5) is 13.2 Å². The fraction of sp³-hybridized carbons (Fsp3) is 0.571. The Balaban J connectivity index is 2.39. The molecule has 1 heterocycles. The van der Waals surface area contributed by atoms with E-state index in [4.69, 9.17) is 5.73 Å². The lowest BCUT2D eigenvalue weighted by atomic mass is 9.93. The van der Waals surface area contributed by atoms with E-state index in [-0.39, 0.29) is 25.0 Å². The van der Waals surface area contributed by atoms with E-state index >= 15 is 0 Å². The van der Waals surface area contributed by atoms with Gasteiger partial charge < -0.3 is 5.73 Å². The first-order valence-corrected chi connectivity index (χ1v) is 8.50. The fourth-order valence-electron chi connectivity index (χ4n) is 2.69. The van der Waals surface area contributed by atoms with Crippen molar-refractivity contribution in [3.8, 4) is 0 Å². The smallest absolute Gasteiger partial charge is 0.328 e. The van der Waals surface area contributed by atoms with E-state index in [1.54, 1.807) is 6.92 Å². The number of nitrogens with two attached hydrogens (primary N) is 1. The molecule has 0 aromatic heterocycles. The minimum Gasteiger partial charge on any atom is -0.328 e. The molecular formula is C14H19F3N2O2S. The maximum atomic E-state index is 13.0. The molecule has 0 saturated carbocycles. The summed E-state index contributed by atoms with van der Waals surface area (Å²) in [7, 11) is -4.18. The largest absolute Gasteiger partial charge is 0.417 e. The van der Waals surface area contributed by atoms with Gasteiger partial charge >= 0.3 is 6.18 Å². The van der Waals surface area contributed by atoms with Crippen molar-refractivity contribution in [1.29, 1.82) is 0 Å². The maximum Gasteiger partial charge on any atom is 0.417 e. The van der Waals surface area contributed by atoms with E-state index in [9.17, 15) is 21.6 Å². The number of sulfonamides is 1. The molecule has 22 heavy (non-hydrogen) atoms. The number of piperidine rings is 1. The summed E-state index contributed by atoms with van der Waals surface area (Å²) in [5.41, 5.74) is 4.68. The predicted molar refractivity (Wildman–Crippen MR) is 76.6 cm³/mol. The Labute approximate surface area is 128 Å². The second-order valence-electron chi connectivity index (χ2n) is 5.62. The molecule has 0 amide bonds. The highest BCUT2D eigenvalue weighted by atomic mass is 32.2. The van der Waals surface area contributed by atoms with Crippen molar-refractivity contribution in [2.24, 2.45) is 11.7 Å². The molecule has 8 heteroatoms. The van der Waals surface area contributed by atoms with Gasteiger partial charge in [0.25, 0.3) is 0 Å². The highest BCUT2D eigenvalue weighted by Crippen LogP contribution is 2.36. The first-order valence-electron chi connectivity index (χ1n) is 7.06. The van der Waals surface area contributed by atoms with Crippen molar-refractivity contribution in [3.05, 3.63) is 29.8 Å². The molecule has 2 rings (SSSR count). The second-order valence-corrected chi connectivity index (χ2v) is 7.52. The van der Waals surface area contributed by atoms with Crippen LogP contribution in [-0.4, -0.2) is 31.9 Å². The van der Waals surface area contributed by atoms with Gasteiger partial charge in [-0.2, -0.15) is 17.5 Å². The van der Waals surface area contributed by atoms with Gasteiger partial charge in [0.15, 0.2) is 0 Å². The third-order valence-electron chi connectivity index (χ3n) is 3.97. The molecule has 1 saturated heterocycles. The zero-order valence-corrected chi connectivity index (χ0v) is 13.0. The summed E-state index contributed by atoms with van der Waals surface area (Å²) in [6.45, 7) is 2.16. The minimum absolute atomic E-state index is 0.0402.